The molecule has 2 heterocycles. The van der Waals surface area contributed by atoms with E-state index in [0.717, 1.165) is 19.3 Å². The number of rotatable bonds is 3. The van der Waals surface area contributed by atoms with E-state index >= 15 is 0 Å². The van der Waals surface area contributed by atoms with Crippen LogP contribution < -0.4 is 0 Å². The maximum Gasteiger partial charge on any atom is 0.411 e. The second-order valence-corrected chi connectivity index (χ2v) is 9.43. The summed E-state index contributed by atoms with van der Waals surface area (Å²) >= 11 is 0. The molecule has 0 saturated carbocycles. The summed E-state index contributed by atoms with van der Waals surface area (Å²) in [6.45, 7) is 12.0. The van der Waals surface area contributed by atoms with Crippen LogP contribution in [0, 0.1) is 0 Å². The Bertz CT molecular complexity index is 592. The second-order valence-electron chi connectivity index (χ2n) is 9.43. The van der Waals surface area contributed by atoms with Crippen LogP contribution in [0.5, 0.6) is 0 Å². The van der Waals surface area contributed by atoms with Gasteiger partial charge in [-0.05, 0) is 67.2 Å². The van der Waals surface area contributed by atoms with Gasteiger partial charge in [-0.1, -0.05) is 0 Å². The van der Waals surface area contributed by atoms with Crippen LogP contribution >= 0.6 is 0 Å². The number of hydrogen-bond donors (Lipinski definition) is 0. The molecule has 0 aromatic carbocycles. The fraction of sp³-hybridized carbons (Fsp3) is 0.850. The molecule has 0 aliphatic carbocycles. The summed E-state index contributed by atoms with van der Waals surface area (Å²) in [4.78, 5) is 40.3. The number of carbonyl (C=O) groups excluding carboxylic acids is 3. The van der Waals surface area contributed by atoms with E-state index in [9.17, 15) is 14.4 Å². The molecule has 2 saturated heterocycles. The molecule has 0 spiro atoms. The van der Waals surface area contributed by atoms with Gasteiger partial charge < -0.3 is 19.1 Å². The minimum Gasteiger partial charge on any atom is -0.462 e. The van der Waals surface area contributed by atoms with Crippen molar-refractivity contribution in [3.05, 3.63) is 0 Å². The Morgan fingerprint density at radius 3 is 1.89 bits per heavy atom. The average Bonchev–Trinajstić information content (AvgIpc) is 3.18. The highest BCUT2D eigenvalue weighted by Gasteiger charge is 2.39. The largest absolute Gasteiger partial charge is 0.462 e. The molecule has 8 heteroatoms. The standard InChI is InChI=1S/C20H34N2O6/c1-19(2,3)27-17(24)21-11-7-9-14(21)13-26-16(23)15-10-8-12-22(15)18(25)28-20(4,5)6/h14-15H,7-13H2,1-6H3. The lowest BCUT2D eigenvalue weighted by Crippen LogP contribution is -2.46. The van der Waals surface area contributed by atoms with Gasteiger partial charge in [0.25, 0.3) is 0 Å². The first-order valence-corrected chi connectivity index (χ1v) is 10.0. The van der Waals surface area contributed by atoms with Crippen molar-refractivity contribution in [2.75, 3.05) is 19.7 Å². The van der Waals surface area contributed by atoms with E-state index in [4.69, 9.17) is 14.2 Å². The summed E-state index contributed by atoms with van der Waals surface area (Å²) in [5, 5.41) is 0. The fourth-order valence-electron chi connectivity index (χ4n) is 3.40. The van der Waals surface area contributed by atoms with Crippen molar-refractivity contribution in [1.29, 1.82) is 0 Å². The van der Waals surface area contributed by atoms with E-state index in [-0.39, 0.29) is 18.7 Å². The topological polar surface area (TPSA) is 85.4 Å². The van der Waals surface area contributed by atoms with E-state index in [1.807, 2.05) is 20.8 Å². The van der Waals surface area contributed by atoms with Gasteiger partial charge in [-0.25, -0.2) is 14.4 Å². The number of nitrogens with zero attached hydrogens (tertiary/aromatic N) is 2. The molecule has 2 atom stereocenters. The summed E-state index contributed by atoms with van der Waals surface area (Å²) < 4.78 is 16.3. The van der Waals surface area contributed by atoms with E-state index in [2.05, 4.69) is 0 Å². The van der Waals surface area contributed by atoms with Crippen LogP contribution in [0.2, 0.25) is 0 Å². The first-order chi connectivity index (χ1) is 12.9. The van der Waals surface area contributed by atoms with Crippen molar-refractivity contribution in [1.82, 2.24) is 9.80 Å². The lowest BCUT2D eigenvalue weighted by molar-refractivity contribution is -0.150. The molecule has 2 unspecified atom stereocenters. The van der Waals surface area contributed by atoms with Crippen LogP contribution in [0.4, 0.5) is 9.59 Å². The number of ether oxygens (including phenoxy) is 3. The molecule has 0 radical (unpaired) electrons. The minimum absolute atomic E-state index is 0.108. The van der Waals surface area contributed by atoms with Gasteiger partial charge in [0.1, 0.15) is 23.9 Å². The number of carbonyl (C=O) groups is 3. The van der Waals surface area contributed by atoms with Gasteiger partial charge in [-0.3, -0.25) is 4.90 Å². The quantitative estimate of drug-likeness (QED) is 0.535. The van der Waals surface area contributed by atoms with Gasteiger partial charge in [0.05, 0.1) is 6.04 Å². The molecule has 2 aliphatic rings. The molecule has 28 heavy (non-hydrogen) atoms. The molecule has 8 nitrogen and oxygen atoms in total. The van der Waals surface area contributed by atoms with Crippen molar-refractivity contribution >= 4 is 18.2 Å². The molecule has 0 bridgehead atoms. The average molecular weight is 399 g/mol. The van der Waals surface area contributed by atoms with E-state index in [1.165, 1.54) is 4.90 Å². The van der Waals surface area contributed by atoms with Gasteiger partial charge in [-0.2, -0.15) is 0 Å². The first-order valence-electron chi connectivity index (χ1n) is 10.0. The summed E-state index contributed by atoms with van der Waals surface area (Å²) in [7, 11) is 0. The zero-order valence-corrected chi connectivity index (χ0v) is 17.9. The van der Waals surface area contributed by atoms with Crippen LogP contribution in [0.3, 0.4) is 0 Å². The number of esters is 1. The Morgan fingerprint density at radius 1 is 0.821 bits per heavy atom. The van der Waals surface area contributed by atoms with E-state index in [0.29, 0.717) is 19.5 Å². The summed E-state index contributed by atoms with van der Waals surface area (Å²) in [5.41, 5.74) is -1.19. The molecular weight excluding hydrogens is 364 g/mol. The lowest BCUT2D eigenvalue weighted by atomic mass is 10.2. The van der Waals surface area contributed by atoms with Crippen molar-refractivity contribution in [2.24, 2.45) is 0 Å². The summed E-state index contributed by atoms with van der Waals surface area (Å²) in [6, 6.07) is -0.832. The zero-order valence-electron chi connectivity index (χ0n) is 17.9. The number of likely N-dealkylation sites (tertiary alicyclic amines) is 2. The highest BCUT2D eigenvalue weighted by Crippen LogP contribution is 2.24. The SMILES string of the molecule is CC(C)(C)OC(=O)N1CCCC1COC(=O)C1CCCN1C(=O)OC(C)(C)C. The van der Waals surface area contributed by atoms with Crippen LogP contribution in [-0.2, 0) is 19.0 Å². The molecule has 2 rings (SSSR count). The second kappa shape index (κ2) is 8.57. The van der Waals surface area contributed by atoms with Gasteiger partial charge in [0.15, 0.2) is 0 Å². The predicted molar refractivity (Wildman–Crippen MR) is 103 cm³/mol. The van der Waals surface area contributed by atoms with Gasteiger partial charge >= 0.3 is 18.2 Å². The van der Waals surface area contributed by atoms with Gasteiger partial charge in [-0.15, -0.1) is 0 Å². The van der Waals surface area contributed by atoms with E-state index in [1.54, 1.807) is 25.7 Å². The maximum atomic E-state index is 12.6. The first kappa shape index (κ1) is 22.3. The van der Waals surface area contributed by atoms with Crippen LogP contribution in [-0.4, -0.2) is 70.9 Å². The zero-order chi connectivity index (χ0) is 21.1. The molecular formula is C20H34N2O6. The van der Waals surface area contributed by atoms with E-state index < -0.39 is 29.3 Å². The smallest absolute Gasteiger partial charge is 0.411 e. The molecule has 160 valence electrons. The Kier molecular flexibility index (Phi) is 6.83. The highest BCUT2D eigenvalue weighted by atomic mass is 16.6. The predicted octanol–water partition coefficient (Wildman–Crippen LogP) is 3.33. The normalized spacial score (nSPS) is 22.9. The monoisotopic (exact) mass is 398 g/mol. The van der Waals surface area contributed by atoms with Gasteiger partial charge in [0.2, 0.25) is 0 Å². The maximum absolute atomic E-state index is 12.6. The molecule has 2 fully saturated rings. The van der Waals surface area contributed by atoms with Gasteiger partial charge in [0, 0.05) is 13.1 Å². The third kappa shape index (κ3) is 6.27. The molecule has 2 amide bonds. The van der Waals surface area contributed by atoms with Crippen molar-refractivity contribution in [2.45, 2.75) is 90.5 Å². The third-order valence-electron chi connectivity index (χ3n) is 4.58. The summed E-state index contributed by atoms with van der Waals surface area (Å²) in [5.74, 6) is -0.445. The molecule has 2 aliphatic heterocycles. The summed E-state index contributed by atoms with van der Waals surface area (Å²) in [6.07, 6.45) is 2.00. The number of amides is 2. The van der Waals surface area contributed by atoms with Crippen LogP contribution in [0.25, 0.3) is 0 Å². The van der Waals surface area contributed by atoms with Crippen LogP contribution in [0.1, 0.15) is 67.2 Å². The minimum atomic E-state index is -0.633. The fourth-order valence-corrected chi connectivity index (χ4v) is 3.40. The van der Waals surface area contributed by atoms with Crippen molar-refractivity contribution in [3.8, 4) is 0 Å². The molecule has 0 N–H and O–H groups in total. The number of hydrogen-bond acceptors (Lipinski definition) is 6. The third-order valence-corrected chi connectivity index (χ3v) is 4.58. The van der Waals surface area contributed by atoms with Crippen molar-refractivity contribution in [3.63, 3.8) is 0 Å². The molecule has 0 aromatic heterocycles. The Labute approximate surface area is 167 Å². The van der Waals surface area contributed by atoms with Crippen LogP contribution in [0.15, 0.2) is 0 Å². The Hall–Kier alpha value is -1.99. The van der Waals surface area contributed by atoms with Crippen molar-refractivity contribution < 1.29 is 28.6 Å². The Balaban J connectivity index is 1.90. The lowest BCUT2D eigenvalue weighted by Gasteiger charge is -2.29. The highest BCUT2D eigenvalue weighted by molar-refractivity contribution is 5.82. The Morgan fingerprint density at radius 2 is 1.32 bits per heavy atom. The molecule has 0 aromatic rings.